The van der Waals surface area contributed by atoms with Crippen LogP contribution in [0.4, 0.5) is 20.4 Å². The number of hydrogen-bond donors (Lipinski definition) is 3. The lowest BCUT2D eigenvalue weighted by atomic mass is 9.72. The van der Waals surface area contributed by atoms with Gasteiger partial charge in [-0.15, -0.1) is 0 Å². The fraction of sp³-hybridized carbons (Fsp3) is 0.429. The number of nitrogens with zero attached hydrogens (tertiary/aromatic N) is 4. The number of piperidine rings is 1. The Morgan fingerprint density at radius 2 is 2.00 bits per heavy atom. The van der Waals surface area contributed by atoms with E-state index in [-0.39, 0.29) is 41.7 Å². The number of aryl methyl sites for hydroxylation is 1. The molecule has 12 heteroatoms. The summed E-state index contributed by atoms with van der Waals surface area (Å²) < 4.78 is 30.1. The molecule has 2 aliphatic heterocycles. The number of amides is 1. The van der Waals surface area contributed by atoms with Crippen LogP contribution in [0.3, 0.4) is 0 Å². The Morgan fingerprint density at radius 3 is 2.62 bits per heavy atom. The van der Waals surface area contributed by atoms with Crippen molar-refractivity contribution in [3.63, 3.8) is 0 Å². The van der Waals surface area contributed by atoms with E-state index in [2.05, 4.69) is 20.5 Å². The first-order valence-electron chi connectivity index (χ1n) is 13.2. The van der Waals surface area contributed by atoms with Gasteiger partial charge in [0, 0.05) is 55.1 Å². The van der Waals surface area contributed by atoms with Crippen LogP contribution >= 0.6 is 11.6 Å². The second-order valence-corrected chi connectivity index (χ2v) is 11.2. The number of aromatic nitrogens is 3. The zero-order valence-electron chi connectivity index (χ0n) is 22.3. The van der Waals surface area contributed by atoms with Crippen molar-refractivity contribution in [2.24, 2.45) is 5.41 Å². The SMILES string of the molecule is Cc1cc(Nc2nc(C[C@@]3(C(=O)O)CCN(Cc4cccc(Cl)c4F)[C@H](C)C3)cc(C(=O)N3CCC3)c2F)n[nH]1. The lowest BCUT2D eigenvalue weighted by Gasteiger charge is -2.43. The van der Waals surface area contributed by atoms with Crippen molar-refractivity contribution in [3.05, 3.63) is 69.5 Å². The number of H-pyrrole nitrogens is 1. The number of carboxylic acid groups (broad SMARTS) is 1. The molecular weight excluding hydrogens is 542 g/mol. The third-order valence-corrected chi connectivity index (χ3v) is 8.19. The fourth-order valence-corrected chi connectivity index (χ4v) is 5.67. The van der Waals surface area contributed by atoms with Crippen LogP contribution in [0.15, 0.2) is 30.3 Å². The number of anilines is 2. The van der Waals surface area contributed by atoms with Crippen molar-refractivity contribution >= 4 is 35.1 Å². The molecule has 0 unspecified atom stereocenters. The second-order valence-electron chi connectivity index (χ2n) is 10.8. The Hall–Kier alpha value is -3.57. The van der Waals surface area contributed by atoms with E-state index in [0.29, 0.717) is 43.3 Å². The monoisotopic (exact) mass is 572 g/mol. The molecule has 212 valence electrons. The van der Waals surface area contributed by atoms with Gasteiger partial charge in [0.25, 0.3) is 5.91 Å². The molecule has 2 fully saturated rings. The summed E-state index contributed by atoms with van der Waals surface area (Å²) in [4.78, 5) is 33.8. The van der Waals surface area contributed by atoms with Gasteiger partial charge >= 0.3 is 5.97 Å². The fourth-order valence-electron chi connectivity index (χ4n) is 5.48. The predicted molar refractivity (Wildman–Crippen MR) is 146 cm³/mol. The van der Waals surface area contributed by atoms with Crippen molar-refractivity contribution < 1.29 is 23.5 Å². The molecule has 0 spiro atoms. The standard InChI is InChI=1S/C28H31ClF2N6O3/c1-16-11-22(35-34-16)33-25-24(31)20(26(38)36-8-4-9-36)12-19(32-25)14-28(27(39)40)7-10-37(17(2)13-28)15-18-5-3-6-21(29)23(18)30/h3,5-6,11-12,17H,4,7-10,13-15H2,1-2H3,(H,39,40)(H2,32,33,34,35)/t17-,28-/m1/s1. The van der Waals surface area contributed by atoms with Crippen molar-refractivity contribution in [3.8, 4) is 0 Å². The van der Waals surface area contributed by atoms with Crippen LogP contribution in [0.25, 0.3) is 0 Å². The first-order chi connectivity index (χ1) is 19.1. The van der Waals surface area contributed by atoms with E-state index >= 15 is 4.39 Å². The zero-order chi connectivity index (χ0) is 28.6. The van der Waals surface area contributed by atoms with Crippen molar-refractivity contribution in [1.82, 2.24) is 25.0 Å². The molecule has 2 atom stereocenters. The number of nitrogens with one attached hydrogen (secondary N) is 2. The van der Waals surface area contributed by atoms with Gasteiger partial charge in [0.2, 0.25) is 0 Å². The maximum absolute atomic E-state index is 15.6. The molecule has 9 nitrogen and oxygen atoms in total. The summed E-state index contributed by atoms with van der Waals surface area (Å²) in [6, 6.07) is 7.69. The van der Waals surface area contributed by atoms with Crippen LogP contribution in [0.1, 0.15) is 53.5 Å². The molecule has 2 aromatic heterocycles. The van der Waals surface area contributed by atoms with E-state index in [9.17, 15) is 19.1 Å². The third-order valence-electron chi connectivity index (χ3n) is 7.90. The molecule has 2 aliphatic rings. The van der Waals surface area contributed by atoms with Crippen molar-refractivity contribution in [2.75, 3.05) is 25.0 Å². The quantitative estimate of drug-likeness (QED) is 0.350. The summed E-state index contributed by atoms with van der Waals surface area (Å²) in [5.41, 5.74) is 0.135. The zero-order valence-corrected chi connectivity index (χ0v) is 23.1. The molecule has 5 rings (SSSR count). The summed E-state index contributed by atoms with van der Waals surface area (Å²) in [5.74, 6) is -2.59. The van der Waals surface area contributed by atoms with Gasteiger partial charge in [0.15, 0.2) is 17.5 Å². The number of carbonyl (C=O) groups excluding carboxylic acids is 1. The molecule has 4 heterocycles. The Bertz CT molecular complexity index is 1450. The van der Waals surface area contributed by atoms with E-state index in [1.165, 1.54) is 12.1 Å². The van der Waals surface area contributed by atoms with Crippen LogP contribution in [0.2, 0.25) is 5.02 Å². The van der Waals surface area contributed by atoms with Gasteiger partial charge in [-0.2, -0.15) is 5.10 Å². The van der Waals surface area contributed by atoms with Crippen LogP contribution in [0.5, 0.6) is 0 Å². The third kappa shape index (κ3) is 5.53. The molecule has 0 saturated carbocycles. The molecule has 0 radical (unpaired) electrons. The number of pyridine rings is 1. The summed E-state index contributed by atoms with van der Waals surface area (Å²) in [7, 11) is 0. The van der Waals surface area contributed by atoms with Crippen molar-refractivity contribution in [2.45, 2.75) is 52.1 Å². The minimum atomic E-state index is -1.20. The smallest absolute Gasteiger partial charge is 0.310 e. The normalized spacial score (nSPS) is 21.2. The number of halogens is 3. The second kappa shape index (κ2) is 11.1. The molecule has 3 aromatic rings. The Balaban J connectivity index is 1.42. The van der Waals surface area contributed by atoms with E-state index in [1.54, 1.807) is 30.0 Å². The van der Waals surface area contributed by atoms with Crippen LogP contribution in [-0.4, -0.2) is 67.6 Å². The highest BCUT2D eigenvalue weighted by Gasteiger charge is 2.45. The minimum Gasteiger partial charge on any atom is -0.481 e. The van der Waals surface area contributed by atoms with Gasteiger partial charge in [0.05, 0.1) is 16.0 Å². The number of carboxylic acids is 1. The molecule has 1 aromatic carbocycles. The van der Waals surface area contributed by atoms with Gasteiger partial charge in [0.1, 0.15) is 5.82 Å². The number of benzene rings is 1. The van der Waals surface area contributed by atoms with E-state index < -0.39 is 28.9 Å². The highest BCUT2D eigenvalue weighted by molar-refractivity contribution is 6.30. The average molecular weight is 573 g/mol. The van der Waals surface area contributed by atoms with Crippen LogP contribution in [-0.2, 0) is 17.8 Å². The van der Waals surface area contributed by atoms with E-state index in [0.717, 1.165) is 12.1 Å². The average Bonchev–Trinajstić information content (AvgIpc) is 3.28. The Labute approximate surface area is 235 Å². The van der Waals surface area contributed by atoms with Gasteiger partial charge in [-0.25, -0.2) is 13.8 Å². The number of hydrogen-bond acceptors (Lipinski definition) is 6. The minimum absolute atomic E-state index is 0.000866. The summed E-state index contributed by atoms with van der Waals surface area (Å²) in [6.07, 6.45) is 1.38. The first kappa shape index (κ1) is 28.0. The largest absolute Gasteiger partial charge is 0.481 e. The number of aliphatic carboxylic acids is 1. The highest BCUT2D eigenvalue weighted by atomic mass is 35.5. The first-order valence-corrected chi connectivity index (χ1v) is 13.6. The molecular formula is C28H31ClF2N6O3. The Kier molecular flexibility index (Phi) is 7.78. The predicted octanol–water partition coefficient (Wildman–Crippen LogP) is 4.93. The van der Waals surface area contributed by atoms with E-state index in [1.807, 2.05) is 11.8 Å². The topological polar surface area (TPSA) is 114 Å². The van der Waals surface area contributed by atoms with Crippen molar-refractivity contribution in [1.29, 1.82) is 0 Å². The maximum Gasteiger partial charge on any atom is 0.310 e. The summed E-state index contributed by atoms with van der Waals surface area (Å²) in [5, 5.41) is 20.1. The summed E-state index contributed by atoms with van der Waals surface area (Å²) in [6.45, 7) is 5.47. The molecule has 1 amide bonds. The van der Waals surface area contributed by atoms with Crippen LogP contribution < -0.4 is 5.32 Å². The Morgan fingerprint density at radius 1 is 1.23 bits per heavy atom. The van der Waals surface area contributed by atoms with Gasteiger partial charge in [-0.05, 0) is 51.8 Å². The maximum atomic E-state index is 15.6. The summed E-state index contributed by atoms with van der Waals surface area (Å²) >= 11 is 5.95. The van der Waals surface area contributed by atoms with E-state index in [4.69, 9.17) is 11.6 Å². The lowest BCUT2D eigenvalue weighted by Crippen LogP contribution is -2.49. The van der Waals surface area contributed by atoms with Gasteiger partial charge < -0.3 is 15.3 Å². The lowest BCUT2D eigenvalue weighted by molar-refractivity contribution is -0.153. The van der Waals surface area contributed by atoms with Gasteiger partial charge in [-0.3, -0.25) is 19.6 Å². The number of rotatable bonds is 8. The number of carbonyl (C=O) groups is 2. The van der Waals surface area contributed by atoms with Gasteiger partial charge in [-0.1, -0.05) is 23.7 Å². The van der Waals surface area contributed by atoms with Crippen LogP contribution in [0, 0.1) is 24.0 Å². The highest BCUT2D eigenvalue weighted by Crippen LogP contribution is 2.40. The molecule has 0 bridgehead atoms. The molecule has 2 saturated heterocycles. The molecule has 0 aliphatic carbocycles. The number of aromatic amines is 1. The molecule has 40 heavy (non-hydrogen) atoms. The molecule has 3 N–H and O–H groups in total. The number of likely N-dealkylation sites (tertiary alicyclic amines) is 2.